The van der Waals surface area contributed by atoms with E-state index < -0.39 is 5.54 Å². The third-order valence-corrected chi connectivity index (χ3v) is 3.44. The van der Waals surface area contributed by atoms with Gasteiger partial charge in [-0.15, -0.1) is 11.3 Å². The molecule has 0 fully saturated rings. The molecule has 18 heavy (non-hydrogen) atoms. The van der Waals surface area contributed by atoms with Crippen LogP contribution in [-0.2, 0) is 10.2 Å². The Morgan fingerprint density at radius 3 is 2.39 bits per heavy atom. The largest absolute Gasteiger partial charge is 0.304 e. The first-order chi connectivity index (χ1) is 8.16. The topological polar surface area (TPSA) is 54.0 Å². The Bertz CT molecular complexity index is 418. The summed E-state index contributed by atoms with van der Waals surface area (Å²) in [7, 11) is 0. The molecule has 4 nitrogen and oxygen atoms in total. The molecular weight excluding hydrogens is 246 g/mol. The summed E-state index contributed by atoms with van der Waals surface area (Å²) in [5.74, 6) is -0.0563. The first-order valence-electron chi connectivity index (χ1n) is 6.19. The number of amides is 1. The van der Waals surface area contributed by atoms with Gasteiger partial charge in [0, 0.05) is 10.8 Å². The molecule has 0 aliphatic rings. The fourth-order valence-corrected chi connectivity index (χ4v) is 2.38. The summed E-state index contributed by atoms with van der Waals surface area (Å²) in [4.78, 5) is 16.5. The number of carbonyl (C=O) groups is 1. The predicted octanol–water partition coefficient (Wildman–Crippen LogP) is 2.77. The van der Waals surface area contributed by atoms with Gasteiger partial charge in [0.25, 0.3) is 0 Å². The molecule has 0 atom stereocenters. The molecular formula is C13H23N3OS. The number of nitrogens with zero attached hydrogens (tertiary/aromatic N) is 1. The number of anilines is 1. The average molecular weight is 269 g/mol. The third kappa shape index (κ3) is 3.78. The minimum atomic E-state index is -0.581. The van der Waals surface area contributed by atoms with Crippen molar-refractivity contribution in [1.82, 2.24) is 10.3 Å². The molecule has 0 saturated heterocycles. The van der Waals surface area contributed by atoms with Crippen molar-refractivity contribution in [2.45, 2.75) is 52.5 Å². The van der Waals surface area contributed by atoms with E-state index in [1.54, 1.807) is 0 Å². The molecule has 2 N–H and O–H groups in total. The summed E-state index contributed by atoms with van der Waals surface area (Å²) in [6.07, 6.45) is 0. The summed E-state index contributed by atoms with van der Waals surface area (Å²) >= 11 is 1.47. The molecule has 1 rings (SSSR count). The van der Waals surface area contributed by atoms with E-state index in [1.165, 1.54) is 11.3 Å². The van der Waals surface area contributed by atoms with E-state index in [4.69, 9.17) is 0 Å². The van der Waals surface area contributed by atoms with Gasteiger partial charge in [-0.3, -0.25) is 4.79 Å². The molecule has 0 saturated carbocycles. The zero-order valence-corrected chi connectivity index (χ0v) is 12.9. The number of hydrogen-bond acceptors (Lipinski definition) is 4. The highest BCUT2D eigenvalue weighted by atomic mass is 32.1. The average Bonchev–Trinajstić information content (AvgIpc) is 2.65. The molecule has 1 aromatic heterocycles. The highest BCUT2D eigenvalue weighted by molar-refractivity contribution is 7.14. The Morgan fingerprint density at radius 1 is 1.33 bits per heavy atom. The summed E-state index contributed by atoms with van der Waals surface area (Å²) in [5.41, 5.74) is 0.433. The summed E-state index contributed by atoms with van der Waals surface area (Å²) in [6, 6.07) is 0. The number of nitrogens with one attached hydrogen (secondary N) is 2. The van der Waals surface area contributed by atoms with Crippen molar-refractivity contribution < 1.29 is 4.79 Å². The molecule has 5 heteroatoms. The lowest BCUT2D eigenvalue weighted by Gasteiger charge is -2.23. The first kappa shape index (κ1) is 15.1. The van der Waals surface area contributed by atoms with Crippen LogP contribution in [0.1, 0.15) is 47.2 Å². The molecule has 0 aliphatic carbocycles. The van der Waals surface area contributed by atoms with Gasteiger partial charge in [0.15, 0.2) is 5.13 Å². The van der Waals surface area contributed by atoms with Crippen molar-refractivity contribution in [3.8, 4) is 0 Å². The summed E-state index contributed by atoms with van der Waals surface area (Å²) < 4.78 is 0. The zero-order valence-electron chi connectivity index (χ0n) is 12.0. The molecule has 0 spiro atoms. The normalized spacial score (nSPS) is 12.6. The second-order valence-corrected chi connectivity index (χ2v) is 6.76. The number of thiazole rings is 1. The van der Waals surface area contributed by atoms with Crippen LogP contribution < -0.4 is 10.6 Å². The van der Waals surface area contributed by atoms with Gasteiger partial charge in [-0.05, 0) is 20.4 Å². The molecule has 0 aromatic carbocycles. The van der Waals surface area contributed by atoms with E-state index in [0.29, 0.717) is 5.13 Å². The highest BCUT2D eigenvalue weighted by Crippen LogP contribution is 2.26. The van der Waals surface area contributed by atoms with Crippen LogP contribution in [0.25, 0.3) is 0 Å². The smallest absolute Gasteiger partial charge is 0.245 e. The zero-order chi connectivity index (χ0) is 14.0. The minimum absolute atomic E-state index is 0.0106. The van der Waals surface area contributed by atoms with Crippen molar-refractivity contribution in [2.24, 2.45) is 0 Å². The number of hydrogen-bond donors (Lipinski definition) is 2. The Kier molecular flexibility index (Phi) is 4.50. The van der Waals surface area contributed by atoms with Gasteiger partial charge < -0.3 is 10.6 Å². The van der Waals surface area contributed by atoms with Gasteiger partial charge in [-0.2, -0.15) is 0 Å². The molecule has 1 aromatic rings. The van der Waals surface area contributed by atoms with Crippen molar-refractivity contribution in [2.75, 3.05) is 11.9 Å². The van der Waals surface area contributed by atoms with Crippen LogP contribution in [0.4, 0.5) is 5.13 Å². The van der Waals surface area contributed by atoms with Gasteiger partial charge in [0.2, 0.25) is 5.91 Å². The highest BCUT2D eigenvalue weighted by Gasteiger charge is 2.27. The first-order valence-corrected chi connectivity index (χ1v) is 7.07. The third-order valence-electron chi connectivity index (χ3n) is 2.68. The second kappa shape index (κ2) is 5.36. The number of rotatable bonds is 4. The lowest BCUT2D eigenvalue weighted by molar-refractivity contribution is -0.121. The van der Waals surface area contributed by atoms with Gasteiger partial charge in [-0.25, -0.2) is 4.98 Å². The maximum atomic E-state index is 12.1. The SMILES string of the molecule is CCNC(C)(C)C(=O)Nc1nc(C(C)(C)C)cs1. The quantitative estimate of drug-likeness (QED) is 0.883. The molecule has 0 radical (unpaired) electrons. The van der Waals surface area contributed by atoms with Gasteiger partial charge >= 0.3 is 0 Å². The van der Waals surface area contributed by atoms with Gasteiger partial charge in [0.05, 0.1) is 11.2 Å². The lowest BCUT2D eigenvalue weighted by Crippen LogP contribution is -2.49. The monoisotopic (exact) mass is 269 g/mol. The molecule has 0 aliphatic heterocycles. The second-order valence-electron chi connectivity index (χ2n) is 5.90. The molecule has 0 bridgehead atoms. The Hall–Kier alpha value is -0.940. The van der Waals surface area contributed by atoms with E-state index in [-0.39, 0.29) is 11.3 Å². The molecule has 0 unspecified atom stereocenters. The number of aromatic nitrogens is 1. The number of carbonyl (C=O) groups excluding carboxylic acids is 1. The van der Waals surface area contributed by atoms with Crippen LogP contribution in [-0.4, -0.2) is 23.0 Å². The Labute approximate surface area is 113 Å². The lowest BCUT2D eigenvalue weighted by atomic mass is 9.93. The van der Waals surface area contributed by atoms with E-state index in [0.717, 1.165) is 12.2 Å². The van der Waals surface area contributed by atoms with E-state index >= 15 is 0 Å². The van der Waals surface area contributed by atoms with Crippen LogP contribution in [0.2, 0.25) is 0 Å². The molecule has 1 heterocycles. The molecule has 102 valence electrons. The van der Waals surface area contributed by atoms with Gasteiger partial charge in [0.1, 0.15) is 0 Å². The van der Waals surface area contributed by atoms with E-state index in [1.807, 2.05) is 26.2 Å². The van der Waals surface area contributed by atoms with Crippen molar-refractivity contribution in [3.05, 3.63) is 11.1 Å². The molecule has 1 amide bonds. The van der Waals surface area contributed by atoms with Crippen LogP contribution in [0.5, 0.6) is 0 Å². The van der Waals surface area contributed by atoms with Crippen molar-refractivity contribution in [3.63, 3.8) is 0 Å². The maximum Gasteiger partial charge on any atom is 0.245 e. The Morgan fingerprint density at radius 2 is 1.94 bits per heavy atom. The summed E-state index contributed by atoms with van der Waals surface area (Å²) in [5, 5.41) is 8.67. The number of likely N-dealkylation sites (N-methyl/N-ethyl adjacent to an activating group) is 1. The van der Waals surface area contributed by atoms with Crippen molar-refractivity contribution >= 4 is 22.4 Å². The van der Waals surface area contributed by atoms with Crippen LogP contribution >= 0.6 is 11.3 Å². The summed E-state index contributed by atoms with van der Waals surface area (Å²) in [6.45, 7) is 12.8. The van der Waals surface area contributed by atoms with Crippen LogP contribution in [0.3, 0.4) is 0 Å². The predicted molar refractivity (Wildman–Crippen MR) is 77.2 cm³/mol. The minimum Gasteiger partial charge on any atom is -0.304 e. The standard InChI is InChI=1S/C13H23N3OS/c1-7-14-13(5,6)10(17)16-11-15-9(8-18-11)12(2,3)4/h8,14H,7H2,1-6H3,(H,15,16,17). The fourth-order valence-electron chi connectivity index (χ4n) is 1.45. The van der Waals surface area contributed by atoms with Crippen LogP contribution in [0.15, 0.2) is 5.38 Å². The fraction of sp³-hybridized carbons (Fsp3) is 0.692. The Balaban J connectivity index is 2.74. The van der Waals surface area contributed by atoms with Gasteiger partial charge in [-0.1, -0.05) is 27.7 Å². The van der Waals surface area contributed by atoms with Crippen molar-refractivity contribution in [1.29, 1.82) is 0 Å². The van der Waals surface area contributed by atoms with E-state index in [2.05, 4.69) is 36.4 Å². The van der Waals surface area contributed by atoms with E-state index in [9.17, 15) is 4.79 Å². The maximum absolute atomic E-state index is 12.1. The van der Waals surface area contributed by atoms with Crippen LogP contribution in [0, 0.1) is 0 Å².